The van der Waals surface area contributed by atoms with E-state index in [4.69, 9.17) is 9.15 Å². The molecular weight excluding hydrogens is 306 g/mol. The molecule has 1 aromatic heterocycles. The maximum atomic E-state index is 11.9. The van der Waals surface area contributed by atoms with Crippen molar-refractivity contribution in [2.75, 3.05) is 31.6 Å². The van der Waals surface area contributed by atoms with Crippen LogP contribution in [0.4, 0.5) is 10.5 Å². The van der Waals surface area contributed by atoms with E-state index in [2.05, 4.69) is 34.6 Å². The van der Waals surface area contributed by atoms with Gasteiger partial charge in [-0.2, -0.15) is 0 Å². The van der Waals surface area contributed by atoms with Gasteiger partial charge in [-0.1, -0.05) is 12.1 Å². The van der Waals surface area contributed by atoms with Gasteiger partial charge in [-0.05, 0) is 36.8 Å². The van der Waals surface area contributed by atoms with Crippen LogP contribution in [0.2, 0.25) is 0 Å². The predicted octanol–water partition coefficient (Wildman–Crippen LogP) is 2.99. The minimum atomic E-state index is -0.250. The first-order valence-electron chi connectivity index (χ1n) is 8.21. The molecule has 1 fully saturated rings. The summed E-state index contributed by atoms with van der Waals surface area (Å²) in [4.78, 5) is 14.3. The van der Waals surface area contributed by atoms with Gasteiger partial charge in [0.25, 0.3) is 0 Å². The summed E-state index contributed by atoms with van der Waals surface area (Å²) in [5.74, 6) is 0.722. The van der Waals surface area contributed by atoms with Gasteiger partial charge in [-0.15, -0.1) is 0 Å². The number of benzene rings is 1. The topological polar surface area (TPSA) is 66.7 Å². The Bertz CT molecular complexity index is 634. The highest BCUT2D eigenvalue weighted by atomic mass is 16.5. The largest absolute Gasteiger partial charge is 0.467 e. The van der Waals surface area contributed by atoms with Gasteiger partial charge in [-0.25, -0.2) is 4.79 Å². The molecule has 6 heteroatoms. The summed E-state index contributed by atoms with van der Waals surface area (Å²) < 4.78 is 10.6. The predicted molar refractivity (Wildman–Crippen MR) is 91.8 cm³/mol. The zero-order valence-corrected chi connectivity index (χ0v) is 13.8. The van der Waals surface area contributed by atoms with Crippen molar-refractivity contribution in [2.24, 2.45) is 0 Å². The van der Waals surface area contributed by atoms with E-state index in [-0.39, 0.29) is 6.03 Å². The molecule has 2 N–H and O–H groups in total. The third kappa shape index (κ3) is 4.37. The highest BCUT2D eigenvalue weighted by Gasteiger charge is 2.18. The summed E-state index contributed by atoms with van der Waals surface area (Å²) in [6, 6.07) is 11.7. The smallest absolute Gasteiger partial charge is 0.319 e. The van der Waals surface area contributed by atoms with Crippen molar-refractivity contribution in [1.29, 1.82) is 0 Å². The second-order valence-electron chi connectivity index (χ2n) is 5.83. The lowest BCUT2D eigenvalue weighted by Gasteiger charge is -2.32. The van der Waals surface area contributed by atoms with E-state index in [1.54, 1.807) is 12.3 Å². The SMILES string of the molecule is C[C@H](c1ccc(NC(=O)NCc2ccco2)cc1)N1CCOCC1. The van der Waals surface area contributed by atoms with Crippen molar-refractivity contribution in [1.82, 2.24) is 10.2 Å². The van der Waals surface area contributed by atoms with E-state index >= 15 is 0 Å². The zero-order valence-electron chi connectivity index (χ0n) is 13.8. The van der Waals surface area contributed by atoms with Crippen molar-refractivity contribution in [3.63, 3.8) is 0 Å². The maximum Gasteiger partial charge on any atom is 0.319 e. The van der Waals surface area contributed by atoms with Gasteiger partial charge in [0.2, 0.25) is 0 Å². The fourth-order valence-electron chi connectivity index (χ4n) is 2.78. The number of nitrogens with one attached hydrogen (secondary N) is 2. The maximum absolute atomic E-state index is 11.9. The Hall–Kier alpha value is -2.31. The fourth-order valence-corrected chi connectivity index (χ4v) is 2.78. The third-order valence-corrected chi connectivity index (χ3v) is 4.25. The van der Waals surface area contributed by atoms with Crippen LogP contribution in [0.1, 0.15) is 24.3 Å². The molecule has 0 bridgehead atoms. The third-order valence-electron chi connectivity index (χ3n) is 4.25. The number of carbonyl (C=O) groups excluding carboxylic acids is 1. The average molecular weight is 329 g/mol. The summed E-state index contributed by atoms with van der Waals surface area (Å²) in [5.41, 5.74) is 2.00. The monoisotopic (exact) mass is 329 g/mol. The Morgan fingerprint density at radius 1 is 1.21 bits per heavy atom. The van der Waals surface area contributed by atoms with E-state index < -0.39 is 0 Å². The van der Waals surface area contributed by atoms with Gasteiger partial charge < -0.3 is 19.8 Å². The van der Waals surface area contributed by atoms with Crippen LogP contribution in [0, 0.1) is 0 Å². The number of furan rings is 1. The van der Waals surface area contributed by atoms with E-state index in [1.165, 1.54) is 5.56 Å². The molecule has 1 aliphatic rings. The van der Waals surface area contributed by atoms with Crippen LogP contribution < -0.4 is 10.6 Å². The van der Waals surface area contributed by atoms with Crippen LogP contribution in [0.3, 0.4) is 0 Å². The second-order valence-corrected chi connectivity index (χ2v) is 5.83. The van der Waals surface area contributed by atoms with Gasteiger partial charge in [0.15, 0.2) is 0 Å². The van der Waals surface area contributed by atoms with Gasteiger partial charge in [0, 0.05) is 24.8 Å². The molecule has 24 heavy (non-hydrogen) atoms. The Morgan fingerprint density at radius 2 is 1.96 bits per heavy atom. The molecule has 1 saturated heterocycles. The number of anilines is 1. The molecule has 1 aliphatic heterocycles. The first-order chi connectivity index (χ1) is 11.7. The van der Waals surface area contributed by atoms with Crippen molar-refractivity contribution < 1.29 is 13.9 Å². The molecular formula is C18H23N3O3. The molecule has 2 heterocycles. The van der Waals surface area contributed by atoms with Crippen LogP contribution in [0.5, 0.6) is 0 Å². The number of urea groups is 1. The Kier molecular flexibility index (Phi) is 5.51. The molecule has 1 aromatic carbocycles. The van der Waals surface area contributed by atoms with Crippen molar-refractivity contribution in [2.45, 2.75) is 19.5 Å². The van der Waals surface area contributed by atoms with Gasteiger partial charge in [0.1, 0.15) is 5.76 Å². The number of rotatable bonds is 5. The lowest BCUT2D eigenvalue weighted by atomic mass is 10.1. The van der Waals surface area contributed by atoms with Crippen LogP contribution in [-0.2, 0) is 11.3 Å². The molecule has 0 aliphatic carbocycles. The summed E-state index contributed by atoms with van der Waals surface area (Å²) in [5, 5.41) is 5.58. The molecule has 2 aromatic rings. The number of hydrogen-bond acceptors (Lipinski definition) is 4. The molecule has 6 nitrogen and oxygen atoms in total. The Balaban J connectivity index is 1.51. The average Bonchev–Trinajstić information content (AvgIpc) is 3.14. The van der Waals surface area contributed by atoms with E-state index in [1.807, 2.05) is 18.2 Å². The van der Waals surface area contributed by atoms with Gasteiger partial charge in [-0.3, -0.25) is 4.90 Å². The quantitative estimate of drug-likeness (QED) is 0.885. The van der Waals surface area contributed by atoms with Gasteiger partial charge >= 0.3 is 6.03 Å². The van der Waals surface area contributed by atoms with E-state index in [9.17, 15) is 4.79 Å². The standard InChI is InChI=1S/C18H23N3O3/c1-14(21-8-11-23-12-9-21)15-4-6-16(7-5-15)20-18(22)19-13-17-3-2-10-24-17/h2-7,10,14H,8-9,11-13H2,1H3,(H2,19,20,22)/t14-/m1/s1. The van der Waals surface area contributed by atoms with Crippen molar-refractivity contribution >= 4 is 11.7 Å². The first-order valence-corrected chi connectivity index (χ1v) is 8.21. The summed E-state index contributed by atoms with van der Waals surface area (Å²) in [6.07, 6.45) is 1.59. The normalized spacial score (nSPS) is 16.5. The van der Waals surface area contributed by atoms with E-state index in [0.717, 1.165) is 37.8 Å². The molecule has 2 amide bonds. The number of amides is 2. The van der Waals surface area contributed by atoms with Crippen molar-refractivity contribution in [3.8, 4) is 0 Å². The Morgan fingerprint density at radius 3 is 2.62 bits per heavy atom. The van der Waals surface area contributed by atoms with Crippen molar-refractivity contribution in [3.05, 3.63) is 54.0 Å². The highest BCUT2D eigenvalue weighted by Crippen LogP contribution is 2.22. The summed E-state index contributed by atoms with van der Waals surface area (Å²) >= 11 is 0. The lowest BCUT2D eigenvalue weighted by Crippen LogP contribution is -2.38. The molecule has 3 rings (SSSR count). The van der Waals surface area contributed by atoms with Crippen LogP contribution >= 0.6 is 0 Å². The number of ether oxygens (including phenoxy) is 1. The number of morpholine rings is 1. The zero-order chi connectivity index (χ0) is 16.8. The van der Waals surface area contributed by atoms with Gasteiger partial charge in [0.05, 0.1) is 26.0 Å². The molecule has 0 spiro atoms. The first kappa shape index (κ1) is 16.5. The second kappa shape index (κ2) is 7.99. The fraction of sp³-hybridized carbons (Fsp3) is 0.389. The molecule has 0 radical (unpaired) electrons. The number of hydrogen-bond donors (Lipinski definition) is 2. The van der Waals surface area contributed by atoms with Crippen LogP contribution in [0.25, 0.3) is 0 Å². The number of carbonyl (C=O) groups is 1. The summed E-state index contributed by atoms with van der Waals surface area (Å²) in [6.45, 7) is 6.06. The lowest BCUT2D eigenvalue weighted by molar-refractivity contribution is 0.0198. The molecule has 1 atom stereocenters. The van der Waals surface area contributed by atoms with E-state index in [0.29, 0.717) is 12.6 Å². The van der Waals surface area contributed by atoms with Crippen LogP contribution in [-0.4, -0.2) is 37.2 Å². The Labute approximate surface area is 141 Å². The molecule has 0 unspecified atom stereocenters. The van der Waals surface area contributed by atoms with Crippen LogP contribution in [0.15, 0.2) is 47.1 Å². The summed E-state index contributed by atoms with van der Waals surface area (Å²) in [7, 11) is 0. The minimum Gasteiger partial charge on any atom is -0.467 e. The highest BCUT2D eigenvalue weighted by molar-refractivity contribution is 5.89. The number of nitrogens with zero attached hydrogens (tertiary/aromatic N) is 1. The minimum absolute atomic E-state index is 0.250. The molecule has 128 valence electrons. The molecule has 0 saturated carbocycles.